The lowest BCUT2D eigenvalue weighted by atomic mass is 10.6. The van der Waals surface area contributed by atoms with Gasteiger partial charge in [0.15, 0.2) is 3.95 Å². The molecule has 0 radical (unpaired) electrons. The second-order valence-corrected chi connectivity index (χ2v) is 6.14. The number of aromatic nitrogens is 1. The van der Waals surface area contributed by atoms with Crippen LogP contribution in [0.1, 0.15) is 13.3 Å². The lowest BCUT2D eigenvalue weighted by Crippen LogP contribution is -2.01. The molecule has 1 rings (SSSR count). The Labute approximate surface area is 109 Å². The number of nitrogens with one attached hydrogen (secondary N) is 1. The van der Waals surface area contributed by atoms with Crippen LogP contribution in [0, 0.1) is 3.95 Å². The molecule has 102 valence electrons. The molecule has 0 aromatic carbocycles. The number of hydrogen-bond donors (Lipinski definition) is 4. The van der Waals surface area contributed by atoms with Crippen LogP contribution in [0.3, 0.4) is 0 Å². The van der Waals surface area contributed by atoms with Crippen LogP contribution < -0.4 is 0 Å². The van der Waals surface area contributed by atoms with E-state index in [1.807, 2.05) is 11.6 Å². The van der Waals surface area contributed by atoms with Gasteiger partial charge in [0.05, 0.1) is 5.75 Å². The Hall–Kier alpha value is -0.0900. The highest BCUT2D eigenvalue weighted by molar-refractivity contribution is 7.85. The minimum Gasteiger partial charge on any atom is -0.344 e. The Morgan fingerprint density at radius 1 is 1.53 bits per heavy atom. The van der Waals surface area contributed by atoms with Gasteiger partial charge in [0.1, 0.15) is 0 Å². The van der Waals surface area contributed by atoms with E-state index in [1.165, 1.54) is 11.3 Å². The normalized spacial score (nSPS) is 9.94. The zero-order valence-corrected chi connectivity index (χ0v) is 12.3. The molecule has 0 spiro atoms. The summed E-state index contributed by atoms with van der Waals surface area (Å²) in [6.07, 6.45) is 2.30. The Morgan fingerprint density at radius 2 is 2.00 bits per heavy atom. The monoisotopic (exact) mass is 323 g/mol. The number of thiazole rings is 1. The van der Waals surface area contributed by atoms with Gasteiger partial charge in [0.2, 0.25) is 0 Å². The van der Waals surface area contributed by atoms with E-state index < -0.39 is 18.4 Å². The van der Waals surface area contributed by atoms with Crippen LogP contribution in [-0.2, 0) is 14.7 Å². The van der Waals surface area contributed by atoms with Gasteiger partial charge < -0.3 is 14.8 Å². The summed E-state index contributed by atoms with van der Waals surface area (Å²) in [5.41, 5.74) is 0. The third-order valence-electron chi connectivity index (χ3n) is 0.906. The van der Waals surface area contributed by atoms with E-state index in [0.29, 0.717) is 6.42 Å². The molecule has 1 heterocycles. The van der Waals surface area contributed by atoms with Gasteiger partial charge in [-0.1, -0.05) is 6.92 Å². The van der Waals surface area contributed by atoms with Crippen molar-refractivity contribution in [1.82, 2.24) is 4.98 Å². The van der Waals surface area contributed by atoms with E-state index in [-0.39, 0.29) is 5.75 Å². The smallest absolute Gasteiger partial charge is 0.314 e. The number of rotatable bonds is 2. The molecule has 0 aliphatic rings. The molecule has 0 aliphatic carbocycles. The summed E-state index contributed by atoms with van der Waals surface area (Å²) >= 11 is 6.25. The van der Waals surface area contributed by atoms with Crippen LogP contribution in [0.4, 0.5) is 0 Å². The summed E-state index contributed by atoms with van der Waals surface area (Å²) < 4.78 is 37.1. The van der Waals surface area contributed by atoms with Gasteiger partial charge in [-0.2, -0.15) is 8.42 Å². The molecule has 0 fully saturated rings. The second-order valence-electron chi connectivity index (χ2n) is 2.42. The van der Waals surface area contributed by atoms with Gasteiger partial charge in [-0.15, -0.1) is 11.3 Å². The fraction of sp³-hybridized carbons (Fsp3) is 0.500. The Kier molecular flexibility index (Phi) is 12.5. The van der Waals surface area contributed by atoms with Crippen molar-refractivity contribution in [3.8, 4) is 0 Å². The quantitative estimate of drug-likeness (QED) is 0.368. The van der Waals surface area contributed by atoms with E-state index in [4.69, 9.17) is 31.1 Å². The third-order valence-corrected chi connectivity index (χ3v) is 2.84. The van der Waals surface area contributed by atoms with E-state index in [9.17, 15) is 8.42 Å². The molecule has 0 amide bonds. The van der Waals surface area contributed by atoms with Gasteiger partial charge in [0, 0.05) is 11.6 Å². The molecule has 0 saturated carbocycles. The van der Waals surface area contributed by atoms with Crippen molar-refractivity contribution in [2.45, 2.75) is 13.3 Å². The first-order valence-electron chi connectivity index (χ1n) is 4.18. The van der Waals surface area contributed by atoms with Crippen LogP contribution in [0.5, 0.6) is 0 Å². The first-order chi connectivity index (χ1) is 7.69. The summed E-state index contributed by atoms with van der Waals surface area (Å²) in [6.45, 7) is 1.69. The molecule has 7 nitrogen and oxygen atoms in total. The van der Waals surface area contributed by atoms with E-state index in [0.717, 1.165) is 3.95 Å². The summed E-state index contributed by atoms with van der Waals surface area (Å²) in [5, 5.41) is 1.92. The zero-order valence-electron chi connectivity index (χ0n) is 8.86. The third kappa shape index (κ3) is 25.9. The Bertz CT molecular complexity index is 432. The molecule has 0 saturated heterocycles. The first kappa shape index (κ1) is 19.3. The highest BCUT2D eigenvalue weighted by atomic mass is 32.2. The fourth-order valence-electron chi connectivity index (χ4n) is 0.490. The molecule has 17 heavy (non-hydrogen) atoms. The van der Waals surface area contributed by atoms with Crippen molar-refractivity contribution in [2.75, 3.05) is 5.75 Å². The number of H-pyrrole nitrogens is 1. The molecule has 1 aromatic heterocycles. The molecule has 0 atom stereocenters. The highest BCUT2D eigenvalue weighted by Crippen LogP contribution is 1.98. The predicted molar refractivity (Wildman–Crippen MR) is 69.6 cm³/mol. The van der Waals surface area contributed by atoms with Gasteiger partial charge in [-0.25, -0.2) is 0 Å². The molecule has 0 aliphatic heterocycles. The molecule has 1 aromatic rings. The standard InChI is InChI=1S/C3H3NS2.C3H8O3S.H3O3P/c5-3-4-1-2-6-3;1-2-3-7(4,5)6;1-4(2)3/h1-2H,(H,4,5);2-3H2,1H3,(H,4,5,6);4H,(H2,1,2,3). The average Bonchev–Trinajstić information content (AvgIpc) is 2.53. The van der Waals surface area contributed by atoms with Gasteiger partial charge >= 0.3 is 8.25 Å². The molecular formula is C6H14NO6PS3. The van der Waals surface area contributed by atoms with Crippen LogP contribution in [0.15, 0.2) is 11.6 Å². The van der Waals surface area contributed by atoms with Crippen LogP contribution >= 0.6 is 31.8 Å². The van der Waals surface area contributed by atoms with Crippen molar-refractivity contribution in [2.24, 2.45) is 0 Å². The van der Waals surface area contributed by atoms with Crippen molar-refractivity contribution < 1.29 is 27.3 Å². The van der Waals surface area contributed by atoms with Crippen molar-refractivity contribution in [1.29, 1.82) is 0 Å². The van der Waals surface area contributed by atoms with E-state index in [1.54, 1.807) is 6.92 Å². The van der Waals surface area contributed by atoms with E-state index >= 15 is 0 Å². The summed E-state index contributed by atoms with van der Waals surface area (Å²) in [7, 11) is -6.80. The maximum atomic E-state index is 9.79. The minimum absolute atomic E-state index is 0.132. The maximum Gasteiger partial charge on any atom is 0.314 e. The second kappa shape index (κ2) is 11.0. The minimum atomic E-state index is -3.67. The van der Waals surface area contributed by atoms with Crippen LogP contribution in [0.25, 0.3) is 0 Å². The Balaban J connectivity index is 0. The molecule has 0 bridgehead atoms. The van der Waals surface area contributed by atoms with Crippen molar-refractivity contribution in [3.63, 3.8) is 0 Å². The molecule has 4 N–H and O–H groups in total. The van der Waals surface area contributed by atoms with Crippen LogP contribution in [-0.4, -0.2) is 33.5 Å². The number of aromatic amines is 1. The van der Waals surface area contributed by atoms with Crippen molar-refractivity contribution >= 4 is 41.9 Å². The molecule has 11 heteroatoms. The van der Waals surface area contributed by atoms with Gasteiger partial charge in [0.25, 0.3) is 10.1 Å². The maximum absolute atomic E-state index is 9.79. The molecule has 0 unspecified atom stereocenters. The van der Waals surface area contributed by atoms with Crippen molar-refractivity contribution in [3.05, 3.63) is 15.5 Å². The molecular weight excluding hydrogens is 309 g/mol. The lowest BCUT2D eigenvalue weighted by Gasteiger charge is -1.85. The van der Waals surface area contributed by atoms with Gasteiger partial charge in [-0.05, 0) is 18.6 Å². The van der Waals surface area contributed by atoms with Gasteiger partial charge in [-0.3, -0.25) is 9.12 Å². The summed E-state index contributed by atoms with van der Waals surface area (Å²) in [5.74, 6) is -0.132. The van der Waals surface area contributed by atoms with E-state index in [2.05, 4.69) is 4.98 Å². The topological polar surface area (TPSA) is 128 Å². The SMILES string of the molecule is CCCS(=O)(=O)O.O=[PH](O)O.S=c1[nH]ccs1. The highest BCUT2D eigenvalue weighted by Gasteiger charge is 1.98. The Morgan fingerprint density at radius 3 is 2.06 bits per heavy atom. The summed E-state index contributed by atoms with van der Waals surface area (Å²) in [6, 6.07) is 0. The van der Waals surface area contributed by atoms with Crippen LogP contribution in [0.2, 0.25) is 0 Å². The number of hydrogen-bond acceptors (Lipinski definition) is 5. The first-order valence-corrected chi connectivity index (χ1v) is 8.38. The summed E-state index contributed by atoms with van der Waals surface area (Å²) in [4.78, 5) is 17.1. The fourth-order valence-corrected chi connectivity index (χ4v) is 1.64. The largest absolute Gasteiger partial charge is 0.344 e. The predicted octanol–water partition coefficient (Wildman–Crippen LogP) is 1.45. The average molecular weight is 323 g/mol. The lowest BCUT2D eigenvalue weighted by molar-refractivity contribution is 0.405. The zero-order chi connectivity index (χ0) is 13.9.